The number of aliphatic hydroxyl groups is 1. The zero-order chi connectivity index (χ0) is 17.0. The van der Waals surface area contributed by atoms with E-state index in [1.807, 2.05) is 6.08 Å². The Bertz CT molecular complexity index is 321. The van der Waals surface area contributed by atoms with Gasteiger partial charge in [0, 0.05) is 0 Å². The van der Waals surface area contributed by atoms with Crippen LogP contribution in [0.4, 0.5) is 0 Å². The van der Waals surface area contributed by atoms with Crippen molar-refractivity contribution in [3.05, 3.63) is 24.3 Å². The van der Waals surface area contributed by atoms with Gasteiger partial charge in [0.1, 0.15) is 6.10 Å². The van der Waals surface area contributed by atoms with Gasteiger partial charge < -0.3 is 5.11 Å². The molecule has 1 nitrogen and oxygen atoms in total. The number of aliphatic hydroxyl groups excluding tert-OH is 1. The number of allylic oxidation sites excluding steroid dienone is 3. The van der Waals surface area contributed by atoms with Crippen LogP contribution in [0, 0.1) is 12.3 Å². The van der Waals surface area contributed by atoms with E-state index in [1.54, 1.807) is 6.08 Å². The maximum absolute atomic E-state index is 9.16. The summed E-state index contributed by atoms with van der Waals surface area (Å²) in [6.45, 7) is 2.26. The Balaban J connectivity index is 3.15. The largest absolute Gasteiger partial charge is 0.377 e. The summed E-state index contributed by atoms with van der Waals surface area (Å²) in [6.07, 6.45) is 31.1. The van der Waals surface area contributed by atoms with Crippen LogP contribution in [0.2, 0.25) is 0 Å². The summed E-state index contributed by atoms with van der Waals surface area (Å²) in [5.41, 5.74) is 0. The number of rotatable bonds is 16. The molecule has 1 heteroatoms. The molecular formula is C22H38O. The predicted octanol–water partition coefficient (Wildman–Crippen LogP) is 6.57. The second-order valence-corrected chi connectivity index (χ2v) is 6.41. The monoisotopic (exact) mass is 318 g/mol. The molecule has 0 saturated heterocycles. The van der Waals surface area contributed by atoms with Gasteiger partial charge in [-0.3, -0.25) is 0 Å². The van der Waals surface area contributed by atoms with Crippen molar-refractivity contribution in [3.63, 3.8) is 0 Å². The highest BCUT2D eigenvalue weighted by Crippen LogP contribution is 2.11. The molecule has 0 aromatic rings. The normalized spacial score (nSPS) is 12.9. The van der Waals surface area contributed by atoms with Gasteiger partial charge in [0.05, 0.1) is 0 Å². The first-order chi connectivity index (χ1) is 11.3. The van der Waals surface area contributed by atoms with Crippen molar-refractivity contribution >= 4 is 0 Å². The molecule has 0 amide bonds. The van der Waals surface area contributed by atoms with E-state index in [4.69, 9.17) is 11.5 Å². The topological polar surface area (TPSA) is 20.2 Å². The van der Waals surface area contributed by atoms with Gasteiger partial charge >= 0.3 is 0 Å². The Kier molecular flexibility index (Phi) is 18.2. The van der Waals surface area contributed by atoms with Crippen molar-refractivity contribution in [1.29, 1.82) is 0 Å². The lowest BCUT2D eigenvalue weighted by molar-refractivity contribution is 0.280. The average Bonchev–Trinajstić information content (AvgIpc) is 2.57. The molecule has 0 rings (SSSR count). The highest BCUT2D eigenvalue weighted by Gasteiger charge is 1.92. The van der Waals surface area contributed by atoms with E-state index in [2.05, 4.69) is 25.0 Å². The molecule has 1 atom stereocenters. The molecule has 0 aromatic carbocycles. The van der Waals surface area contributed by atoms with Gasteiger partial charge in [0.15, 0.2) is 0 Å². The molecule has 0 saturated carbocycles. The van der Waals surface area contributed by atoms with E-state index >= 15 is 0 Å². The van der Waals surface area contributed by atoms with Crippen LogP contribution in [-0.4, -0.2) is 11.2 Å². The Morgan fingerprint density at radius 1 is 0.739 bits per heavy atom. The average molecular weight is 319 g/mol. The molecule has 0 spiro atoms. The van der Waals surface area contributed by atoms with Gasteiger partial charge in [-0.25, -0.2) is 0 Å². The van der Waals surface area contributed by atoms with Crippen LogP contribution in [-0.2, 0) is 0 Å². The standard InChI is InChI=1S/C22H38O/c1-3-5-6-7-8-9-10-11-12-13-14-15-16-17-18-19-20-21-22(23)4-2/h2,9-10,20-23H,3,5-8,11-19H2,1H3/b10-9+,21-20+/t22-/m0/s1. The van der Waals surface area contributed by atoms with Crippen molar-refractivity contribution in [2.45, 2.75) is 103 Å². The molecule has 0 unspecified atom stereocenters. The van der Waals surface area contributed by atoms with E-state index < -0.39 is 6.10 Å². The molecule has 23 heavy (non-hydrogen) atoms. The molecule has 0 heterocycles. The highest BCUT2D eigenvalue weighted by atomic mass is 16.3. The van der Waals surface area contributed by atoms with Crippen LogP contribution in [0.1, 0.15) is 96.8 Å². The van der Waals surface area contributed by atoms with Gasteiger partial charge in [-0.1, -0.05) is 82.4 Å². The predicted molar refractivity (Wildman–Crippen MR) is 103 cm³/mol. The summed E-state index contributed by atoms with van der Waals surface area (Å²) in [5, 5.41) is 9.16. The molecule has 0 aliphatic carbocycles. The molecule has 0 aliphatic heterocycles. The first-order valence-corrected chi connectivity index (χ1v) is 9.77. The molecule has 1 N–H and O–H groups in total. The van der Waals surface area contributed by atoms with Crippen molar-refractivity contribution in [3.8, 4) is 12.3 Å². The van der Waals surface area contributed by atoms with Gasteiger partial charge in [-0.15, -0.1) is 6.42 Å². The van der Waals surface area contributed by atoms with Crippen LogP contribution in [0.3, 0.4) is 0 Å². The van der Waals surface area contributed by atoms with Gasteiger partial charge in [0.25, 0.3) is 0 Å². The highest BCUT2D eigenvalue weighted by molar-refractivity contribution is 5.05. The molecule has 0 aliphatic rings. The molecule has 0 radical (unpaired) electrons. The Morgan fingerprint density at radius 2 is 1.17 bits per heavy atom. The van der Waals surface area contributed by atoms with E-state index in [0.29, 0.717) is 0 Å². The fourth-order valence-electron chi connectivity index (χ4n) is 2.61. The summed E-state index contributed by atoms with van der Waals surface area (Å²) >= 11 is 0. The molecule has 0 bridgehead atoms. The zero-order valence-corrected chi connectivity index (χ0v) is 15.3. The Hall–Kier alpha value is -1.00. The third-order valence-corrected chi connectivity index (χ3v) is 4.12. The quantitative estimate of drug-likeness (QED) is 0.194. The molecule has 0 aromatic heterocycles. The maximum Gasteiger partial charge on any atom is 0.133 e. The number of terminal acetylenes is 1. The summed E-state index contributed by atoms with van der Waals surface area (Å²) in [5.74, 6) is 2.28. The van der Waals surface area contributed by atoms with Crippen molar-refractivity contribution < 1.29 is 5.11 Å². The number of hydrogen-bond acceptors (Lipinski definition) is 1. The molecule has 0 fully saturated rings. The summed E-state index contributed by atoms with van der Waals surface area (Å²) in [4.78, 5) is 0. The minimum Gasteiger partial charge on any atom is -0.377 e. The molecular weight excluding hydrogens is 280 g/mol. The summed E-state index contributed by atoms with van der Waals surface area (Å²) < 4.78 is 0. The SMILES string of the molecule is C#C[C@H](O)/C=C/CCCCCCCCC/C=C/CCCCCC. The molecule has 132 valence electrons. The summed E-state index contributed by atoms with van der Waals surface area (Å²) in [6, 6.07) is 0. The van der Waals surface area contributed by atoms with Crippen molar-refractivity contribution in [2.75, 3.05) is 0 Å². The smallest absolute Gasteiger partial charge is 0.133 e. The van der Waals surface area contributed by atoms with Gasteiger partial charge in [0.2, 0.25) is 0 Å². The number of unbranched alkanes of at least 4 members (excludes halogenated alkanes) is 12. The van der Waals surface area contributed by atoms with Crippen LogP contribution < -0.4 is 0 Å². The third kappa shape index (κ3) is 19.0. The van der Waals surface area contributed by atoms with Crippen LogP contribution in [0.25, 0.3) is 0 Å². The summed E-state index contributed by atoms with van der Waals surface area (Å²) in [7, 11) is 0. The van der Waals surface area contributed by atoms with Crippen LogP contribution >= 0.6 is 0 Å². The number of hydrogen-bond donors (Lipinski definition) is 1. The first kappa shape index (κ1) is 22.0. The lowest BCUT2D eigenvalue weighted by Gasteiger charge is -2.00. The van der Waals surface area contributed by atoms with E-state index in [1.165, 1.54) is 83.5 Å². The van der Waals surface area contributed by atoms with E-state index in [-0.39, 0.29) is 0 Å². The fraction of sp³-hybridized carbons (Fsp3) is 0.727. The van der Waals surface area contributed by atoms with Crippen molar-refractivity contribution in [2.24, 2.45) is 0 Å². The minimum atomic E-state index is -0.708. The third-order valence-electron chi connectivity index (χ3n) is 4.12. The second-order valence-electron chi connectivity index (χ2n) is 6.41. The Labute approximate surface area is 145 Å². The lowest BCUT2D eigenvalue weighted by Crippen LogP contribution is -1.95. The fourth-order valence-corrected chi connectivity index (χ4v) is 2.61. The van der Waals surface area contributed by atoms with Crippen LogP contribution in [0.15, 0.2) is 24.3 Å². The Morgan fingerprint density at radius 3 is 1.65 bits per heavy atom. The minimum absolute atomic E-state index is 0.708. The lowest BCUT2D eigenvalue weighted by atomic mass is 10.1. The van der Waals surface area contributed by atoms with Gasteiger partial charge in [-0.05, 0) is 44.6 Å². The van der Waals surface area contributed by atoms with Crippen LogP contribution in [0.5, 0.6) is 0 Å². The maximum atomic E-state index is 9.16. The second kappa shape index (κ2) is 19.0. The zero-order valence-electron chi connectivity index (χ0n) is 15.3. The van der Waals surface area contributed by atoms with Crippen molar-refractivity contribution in [1.82, 2.24) is 0 Å². The van der Waals surface area contributed by atoms with E-state index in [9.17, 15) is 0 Å². The van der Waals surface area contributed by atoms with E-state index in [0.717, 1.165) is 6.42 Å². The van der Waals surface area contributed by atoms with Gasteiger partial charge in [-0.2, -0.15) is 0 Å². The first-order valence-electron chi connectivity index (χ1n) is 9.77.